The van der Waals surface area contributed by atoms with E-state index in [2.05, 4.69) is 9.97 Å². The van der Waals surface area contributed by atoms with Crippen molar-refractivity contribution < 1.29 is 14.6 Å². The Morgan fingerprint density at radius 2 is 2.33 bits per heavy atom. The maximum absolute atomic E-state index is 11.6. The lowest BCUT2D eigenvalue weighted by Gasteiger charge is -2.02. The van der Waals surface area contributed by atoms with Gasteiger partial charge in [-0.15, -0.1) is 11.3 Å². The molecule has 0 spiro atoms. The van der Waals surface area contributed by atoms with Crippen molar-refractivity contribution in [2.45, 2.75) is 26.2 Å². The van der Waals surface area contributed by atoms with Crippen molar-refractivity contribution >= 4 is 30.6 Å². The third-order valence-electron chi connectivity index (χ3n) is 2.73. The average Bonchev–Trinajstić information content (AvgIpc) is 2.87. The average molecular weight is 302 g/mol. The molecule has 0 aliphatic heterocycles. The van der Waals surface area contributed by atoms with Crippen molar-refractivity contribution in [1.29, 1.82) is 0 Å². The quantitative estimate of drug-likeness (QED) is 0.498. The summed E-state index contributed by atoms with van der Waals surface area (Å²) in [7, 11) is 5.53. The van der Waals surface area contributed by atoms with Crippen LogP contribution in [-0.2, 0) is 16.0 Å². The van der Waals surface area contributed by atoms with Gasteiger partial charge < -0.3 is 9.84 Å². The molecule has 0 atom stereocenters. The van der Waals surface area contributed by atoms with E-state index in [4.69, 9.17) is 12.6 Å². The fraction of sp³-hybridized carbons (Fsp3) is 0.357. The lowest BCUT2D eigenvalue weighted by molar-refractivity contribution is -0.142. The Hall–Kier alpha value is -1.89. The van der Waals surface area contributed by atoms with Crippen LogP contribution in [-0.4, -0.2) is 35.5 Å². The molecular formula is C14H15BN2O3S. The molecule has 2 aromatic heterocycles. The van der Waals surface area contributed by atoms with Gasteiger partial charge in [-0.25, -0.2) is 4.98 Å². The Bertz CT molecular complexity index is 630. The first-order chi connectivity index (χ1) is 10.1. The number of aromatic hydroxyl groups is 1. The van der Waals surface area contributed by atoms with Crippen LogP contribution in [0, 0.1) is 0 Å². The second kappa shape index (κ2) is 7.22. The van der Waals surface area contributed by atoms with Crippen LogP contribution in [0.4, 0.5) is 0 Å². The Balaban J connectivity index is 2.02. The second-order valence-corrected chi connectivity index (χ2v) is 5.39. The molecule has 5 nitrogen and oxygen atoms in total. The van der Waals surface area contributed by atoms with Crippen LogP contribution in [0.1, 0.15) is 25.5 Å². The topological polar surface area (TPSA) is 72.3 Å². The number of hydrogen-bond donors (Lipinski definition) is 1. The molecular weight excluding hydrogens is 287 g/mol. The van der Waals surface area contributed by atoms with E-state index in [0.29, 0.717) is 28.5 Å². The summed E-state index contributed by atoms with van der Waals surface area (Å²) in [5.74, 6) is -0.323. The van der Waals surface area contributed by atoms with E-state index < -0.39 is 0 Å². The molecule has 2 aromatic rings. The second-order valence-electron chi connectivity index (χ2n) is 4.53. The fourth-order valence-corrected chi connectivity index (χ4v) is 2.48. The highest BCUT2D eigenvalue weighted by Crippen LogP contribution is 2.28. The maximum atomic E-state index is 11.6. The van der Waals surface area contributed by atoms with E-state index in [1.165, 1.54) is 23.6 Å². The molecule has 7 heteroatoms. The van der Waals surface area contributed by atoms with Gasteiger partial charge in [0, 0.05) is 11.6 Å². The summed E-state index contributed by atoms with van der Waals surface area (Å²) >= 11 is 1.31. The minimum Gasteiger partial charge on any atom is -0.506 e. The van der Waals surface area contributed by atoms with E-state index in [1.54, 1.807) is 5.38 Å². The molecule has 2 heterocycles. The molecule has 2 radical (unpaired) electrons. The Morgan fingerprint density at radius 3 is 3.05 bits per heavy atom. The molecule has 2 rings (SSSR count). The number of unbranched alkanes of at least 4 members (excludes halogenated alkanes) is 1. The van der Waals surface area contributed by atoms with Crippen LogP contribution in [0.2, 0.25) is 0 Å². The standard InChI is InChI=1S/C14H15BN2O3S/c1-2-3-4-20-12(19)6-10-8-21-14(17-10)13-11(18)5-9(15)7-16-13/h5,7-8,18H,2-4,6H2,1H3. The van der Waals surface area contributed by atoms with Gasteiger partial charge in [0.1, 0.15) is 24.3 Å². The molecule has 0 amide bonds. The monoisotopic (exact) mass is 302 g/mol. The number of carbonyl (C=O) groups excluding carboxylic acids is 1. The highest BCUT2D eigenvalue weighted by atomic mass is 32.1. The number of hydrogen-bond acceptors (Lipinski definition) is 6. The zero-order valence-electron chi connectivity index (χ0n) is 11.7. The lowest BCUT2D eigenvalue weighted by atomic mass is 9.98. The van der Waals surface area contributed by atoms with E-state index in [0.717, 1.165) is 12.8 Å². The highest BCUT2D eigenvalue weighted by molar-refractivity contribution is 7.13. The molecule has 21 heavy (non-hydrogen) atoms. The molecule has 0 saturated carbocycles. The number of ether oxygens (including phenoxy) is 1. The van der Waals surface area contributed by atoms with E-state index in [9.17, 15) is 9.90 Å². The number of rotatable bonds is 6. The van der Waals surface area contributed by atoms with Crippen LogP contribution in [0.5, 0.6) is 5.75 Å². The van der Waals surface area contributed by atoms with Crippen LogP contribution >= 0.6 is 11.3 Å². The molecule has 0 unspecified atom stereocenters. The lowest BCUT2D eigenvalue weighted by Crippen LogP contribution is -2.09. The molecule has 0 saturated heterocycles. The summed E-state index contributed by atoms with van der Waals surface area (Å²) in [4.78, 5) is 20.0. The number of pyridine rings is 1. The van der Waals surface area contributed by atoms with Crippen LogP contribution in [0.3, 0.4) is 0 Å². The number of aromatic nitrogens is 2. The predicted octanol–water partition coefficient (Wildman–Crippen LogP) is 1.59. The first kappa shape index (κ1) is 15.5. The van der Waals surface area contributed by atoms with Crippen molar-refractivity contribution in [1.82, 2.24) is 9.97 Å². The normalized spacial score (nSPS) is 10.5. The predicted molar refractivity (Wildman–Crippen MR) is 82.0 cm³/mol. The van der Waals surface area contributed by atoms with Crippen molar-refractivity contribution in [3.05, 3.63) is 23.3 Å². The van der Waals surface area contributed by atoms with Crippen molar-refractivity contribution in [2.75, 3.05) is 6.61 Å². The molecule has 0 aliphatic carbocycles. The van der Waals surface area contributed by atoms with Gasteiger partial charge in [0.15, 0.2) is 0 Å². The first-order valence-electron chi connectivity index (χ1n) is 6.65. The van der Waals surface area contributed by atoms with Crippen LogP contribution in [0.15, 0.2) is 17.6 Å². The van der Waals surface area contributed by atoms with Gasteiger partial charge in [-0.3, -0.25) is 9.78 Å². The van der Waals surface area contributed by atoms with Crippen LogP contribution < -0.4 is 5.46 Å². The van der Waals surface area contributed by atoms with Gasteiger partial charge in [-0.05, 0) is 12.5 Å². The Morgan fingerprint density at radius 1 is 1.52 bits per heavy atom. The van der Waals surface area contributed by atoms with Crippen molar-refractivity contribution in [3.63, 3.8) is 0 Å². The van der Waals surface area contributed by atoms with Gasteiger partial charge in [0.05, 0.1) is 18.7 Å². The minimum atomic E-state index is -0.296. The smallest absolute Gasteiger partial charge is 0.311 e. The number of carbonyl (C=O) groups is 1. The summed E-state index contributed by atoms with van der Waals surface area (Å²) < 4.78 is 5.08. The van der Waals surface area contributed by atoms with Gasteiger partial charge >= 0.3 is 5.97 Å². The molecule has 0 fully saturated rings. The molecule has 0 aromatic carbocycles. The Kier molecular flexibility index (Phi) is 5.33. The Labute approximate surface area is 128 Å². The van der Waals surface area contributed by atoms with Gasteiger partial charge in [-0.1, -0.05) is 18.8 Å². The van der Waals surface area contributed by atoms with Crippen molar-refractivity contribution in [3.8, 4) is 16.5 Å². The third-order valence-corrected chi connectivity index (χ3v) is 3.63. The van der Waals surface area contributed by atoms with Crippen molar-refractivity contribution in [2.24, 2.45) is 0 Å². The number of esters is 1. The third kappa shape index (κ3) is 4.29. The first-order valence-corrected chi connectivity index (χ1v) is 7.53. The number of nitrogens with zero attached hydrogens (tertiary/aromatic N) is 2. The zero-order valence-corrected chi connectivity index (χ0v) is 12.5. The van der Waals surface area contributed by atoms with E-state index in [1.807, 2.05) is 6.92 Å². The summed E-state index contributed by atoms with van der Waals surface area (Å²) in [6.45, 7) is 2.47. The van der Waals surface area contributed by atoms with Gasteiger partial charge in [0.2, 0.25) is 0 Å². The van der Waals surface area contributed by atoms with E-state index >= 15 is 0 Å². The summed E-state index contributed by atoms with van der Waals surface area (Å²) in [6.07, 6.45) is 3.42. The molecule has 1 N–H and O–H groups in total. The van der Waals surface area contributed by atoms with Gasteiger partial charge in [-0.2, -0.15) is 0 Å². The number of thiazole rings is 1. The maximum Gasteiger partial charge on any atom is 0.311 e. The molecule has 0 aliphatic rings. The summed E-state index contributed by atoms with van der Waals surface area (Å²) in [6, 6.07) is 1.42. The highest BCUT2D eigenvalue weighted by Gasteiger charge is 2.13. The minimum absolute atomic E-state index is 0.0265. The SMILES string of the molecule is [B]c1cnc(-c2nc(CC(=O)OCCCC)cs2)c(O)c1. The fourth-order valence-electron chi connectivity index (χ4n) is 1.66. The zero-order chi connectivity index (χ0) is 15.2. The summed E-state index contributed by atoms with van der Waals surface area (Å²) in [5, 5.41) is 12.1. The summed E-state index contributed by atoms with van der Waals surface area (Å²) in [5.41, 5.74) is 1.35. The molecule has 108 valence electrons. The molecule has 0 bridgehead atoms. The largest absolute Gasteiger partial charge is 0.506 e. The van der Waals surface area contributed by atoms with Gasteiger partial charge in [0.25, 0.3) is 0 Å². The van der Waals surface area contributed by atoms with Crippen LogP contribution in [0.25, 0.3) is 10.7 Å². The van der Waals surface area contributed by atoms with E-state index in [-0.39, 0.29) is 18.1 Å².